The summed E-state index contributed by atoms with van der Waals surface area (Å²) in [5.74, 6) is 0. The van der Waals surface area contributed by atoms with Crippen molar-refractivity contribution in [3.8, 4) is 0 Å². The third kappa shape index (κ3) is 11.2. The minimum absolute atomic E-state index is 0. The average molecular weight is 886 g/mol. The van der Waals surface area contributed by atoms with Gasteiger partial charge in [-0.25, -0.2) is 12.2 Å². The predicted molar refractivity (Wildman–Crippen MR) is 211 cm³/mol. The second kappa shape index (κ2) is 17.6. The Morgan fingerprint density at radius 1 is 0.540 bits per heavy atom. The van der Waals surface area contributed by atoms with Gasteiger partial charge in [-0.15, -0.1) is 46.2 Å². The molecule has 0 atom stereocenters. The summed E-state index contributed by atoms with van der Waals surface area (Å²) in [5.41, 5.74) is 6.00. The molecule has 0 nitrogen and oxygen atoms in total. The molecular weight excluding hydrogens is 830 g/mol. The second-order valence-electron chi connectivity index (χ2n) is 17.2. The Morgan fingerprint density at radius 3 is 1.14 bits per heavy atom. The number of benzene rings is 4. The summed E-state index contributed by atoms with van der Waals surface area (Å²) < 4.78 is 0. The quantitative estimate of drug-likeness (QED) is 0.161. The van der Waals surface area contributed by atoms with E-state index in [9.17, 15) is 0 Å². The summed E-state index contributed by atoms with van der Waals surface area (Å²) in [6.07, 6.45) is 10.0. The van der Waals surface area contributed by atoms with Crippen molar-refractivity contribution in [1.29, 1.82) is 0 Å². The molecule has 0 amide bonds. The van der Waals surface area contributed by atoms with Gasteiger partial charge in [0.15, 0.2) is 0 Å². The fraction of sp³-hybridized carbons (Fsp3) is 0.370. The summed E-state index contributed by atoms with van der Waals surface area (Å²) in [5, 5.41) is 8.64. The molecule has 5 aromatic carbocycles. The molecule has 50 heavy (non-hydrogen) atoms. The van der Waals surface area contributed by atoms with E-state index in [0.717, 1.165) is 6.42 Å². The Balaban J connectivity index is 0.000000341. The Kier molecular flexibility index (Phi) is 15.5. The van der Waals surface area contributed by atoms with Crippen LogP contribution in [-0.2, 0) is 44.7 Å². The van der Waals surface area contributed by atoms with E-state index in [0.29, 0.717) is 0 Å². The van der Waals surface area contributed by atoms with Gasteiger partial charge in [-0.05, 0) is 21.7 Å². The van der Waals surface area contributed by atoms with E-state index in [1.54, 1.807) is 0 Å². The molecule has 0 N–H and O–H groups in total. The fourth-order valence-corrected chi connectivity index (χ4v) is 11.3. The third-order valence-electron chi connectivity index (χ3n) is 8.92. The summed E-state index contributed by atoms with van der Waals surface area (Å²) in [7, 11) is 0. The van der Waals surface area contributed by atoms with Crippen molar-refractivity contribution < 1.29 is 47.8 Å². The van der Waals surface area contributed by atoms with Gasteiger partial charge in [0, 0.05) is 0 Å². The van der Waals surface area contributed by atoms with E-state index in [2.05, 4.69) is 186 Å². The molecular formula is C46H56Cl2HfSi-2. The van der Waals surface area contributed by atoms with Crippen LogP contribution in [0, 0.1) is 6.08 Å². The van der Waals surface area contributed by atoms with Crippen LogP contribution in [0.25, 0.3) is 21.5 Å². The van der Waals surface area contributed by atoms with Crippen LogP contribution in [0.1, 0.15) is 112 Å². The third-order valence-corrected chi connectivity index (χ3v) is 17.0. The molecule has 4 heteroatoms. The summed E-state index contributed by atoms with van der Waals surface area (Å²) >= 11 is 1.27. The molecule has 6 rings (SSSR count). The standard InChI is InChI=1S/C29H41.C12H10Si.C5H5.2ClH.Hf/c1-26(2,3)22-14-18-13-19-15-23(27(4,5)6)25(29(10,11)12)17-21(19)20(18)16-24(22)28(7,8)9;1-3-7-11(8-4-1)13-12-9-5-2-6-10-12;1-2-4-5-3-1;;;/h13-17H,1-12H3;1-10H;1-3H,4H2;2*1H;/q-1;;-1;;;+2/p-2. The first-order valence-electron chi connectivity index (χ1n) is 17.4. The molecule has 1 aliphatic rings. The van der Waals surface area contributed by atoms with E-state index in [4.69, 9.17) is 0 Å². The Labute approximate surface area is 331 Å². The monoisotopic (exact) mass is 886 g/mol. The van der Waals surface area contributed by atoms with E-state index >= 15 is 0 Å². The van der Waals surface area contributed by atoms with Gasteiger partial charge in [-0.1, -0.05) is 117 Å². The summed E-state index contributed by atoms with van der Waals surface area (Å²) in [6.45, 7) is 28.0. The minimum atomic E-state index is -0.406. The maximum atomic E-state index is 2.99. The van der Waals surface area contributed by atoms with Crippen molar-refractivity contribution >= 4 is 37.4 Å². The van der Waals surface area contributed by atoms with Crippen molar-refractivity contribution in [3.63, 3.8) is 0 Å². The number of hydrogen-bond donors (Lipinski definition) is 0. The number of rotatable bonds is 2. The fourth-order valence-electron chi connectivity index (χ4n) is 6.30. The van der Waals surface area contributed by atoms with E-state index in [1.165, 1.54) is 77.2 Å². The van der Waals surface area contributed by atoms with Crippen LogP contribution in [0.4, 0.5) is 0 Å². The second-order valence-corrected chi connectivity index (χ2v) is 24.5. The van der Waals surface area contributed by atoms with Crippen LogP contribution in [0.5, 0.6) is 0 Å². The van der Waals surface area contributed by atoms with Gasteiger partial charge >= 0.3 is 99.5 Å². The van der Waals surface area contributed by atoms with Crippen molar-refractivity contribution in [2.45, 2.75) is 111 Å². The molecule has 5 aromatic rings. The molecule has 1 aliphatic carbocycles. The Bertz CT molecular complexity index is 1780. The predicted octanol–water partition coefficient (Wildman–Crippen LogP) is 5.55. The zero-order valence-electron chi connectivity index (χ0n) is 32.4. The molecule has 0 saturated carbocycles. The zero-order chi connectivity index (χ0) is 35.5. The molecule has 0 aliphatic heterocycles. The van der Waals surface area contributed by atoms with E-state index in [-0.39, 0.29) is 46.5 Å². The van der Waals surface area contributed by atoms with Gasteiger partial charge in [0.1, 0.15) is 0 Å². The van der Waals surface area contributed by atoms with Crippen LogP contribution in [-0.4, -0.2) is 5.49 Å². The van der Waals surface area contributed by atoms with Crippen molar-refractivity contribution in [3.05, 3.63) is 138 Å². The van der Waals surface area contributed by atoms with Crippen molar-refractivity contribution in [2.75, 3.05) is 0 Å². The summed E-state index contributed by atoms with van der Waals surface area (Å²) in [4.78, 5) is 0. The average Bonchev–Trinajstić information content (AvgIpc) is 3.71. The molecule has 0 spiro atoms. The first-order chi connectivity index (χ1) is 22.3. The number of halogens is 2. The number of fused-ring (bicyclic) bond motifs is 3. The Morgan fingerprint density at radius 2 is 0.880 bits per heavy atom. The molecule has 0 bridgehead atoms. The SMILES string of the molecule is CC(C)(C)c1cc2[cH-]c3cc(C(C)(C)C)c(C(C)(C)C)cc3c2cc1C(C)(C)C.[C-]1=CC=CC1.[Cl-].[Cl-].[Hf+2]=[Si](c1ccccc1)c1ccccc1. The number of hydrogen-bond acceptors (Lipinski definition) is 0. The zero-order valence-corrected chi connectivity index (χ0v) is 38.5. The van der Waals surface area contributed by atoms with Gasteiger partial charge in [0.2, 0.25) is 0 Å². The van der Waals surface area contributed by atoms with Crippen LogP contribution in [0.15, 0.2) is 109 Å². The Hall–Kier alpha value is -2.10. The molecule has 0 saturated heterocycles. The number of allylic oxidation sites excluding steroid dienone is 4. The van der Waals surface area contributed by atoms with Gasteiger partial charge in [-0.2, -0.15) is 6.08 Å². The molecule has 0 heterocycles. The van der Waals surface area contributed by atoms with Crippen molar-refractivity contribution in [2.24, 2.45) is 0 Å². The maximum absolute atomic E-state index is 2.99. The molecule has 0 aromatic heterocycles. The van der Waals surface area contributed by atoms with Gasteiger partial charge in [0.05, 0.1) is 0 Å². The molecule has 0 radical (unpaired) electrons. The first kappa shape index (κ1) is 44.1. The van der Waals surface area contributed by atoms with Crippen LogP contribution in [0.2, 0.25) is 0 Å². The summed E-state index contributed by atoms with van der Waals surface area (Å²) in [6, 6.07) is 34.1. The van der Waals surface area contributed by atoms with Crippen molar-refractivity contribution in [1.82, 2.24) is 0 Å². The van der Waals surface area contributed by atoms with Gasteiger partial charge in [-0.3, -0.25) is 6.08 Å². The van der Waals surface area contributed by atoms with E-state index < -0.39 is 5.49 Å². The van der Waals surface area contributed by atoms with E-state index in [1.807, 2.05) is 12.2 Å². The van der Waals surface area contributed by atoms with Crippen LogP contribution in [0.3, 0.4) is 0 Å². The van der Waals surface area contributed by atoms with Crippen LogP contribution >= 0.6 is 0 Å². The topological polar surface area (TPSA) is 0 Å². The molecule has 0 fully saturated rings. The normalized spacial score (nSPS) is 12.8. The van der Waals surface area contributed by atoms with Gasteiger partial charge < -0.3 is 24.8 Å². The van der Waals surface area contributed by atoms with Gasteiger partial charge in [0.25, 0.3) is 0 Å². The first-order valence-corrected chi connectivity index (χ1v) is 24.3. The van der Waals surface area contributed by atoms with Crippen LogP contribution < -0.4 is 35.2 Å². The molecule has 0 unspecified atom stereocenters. The molecule has 264 valence electrons.